The molecule has 0 saturated heterocycles. The average Bonchev–Trinajstić information content (AvgIpc) is 2.75. The first kappa shape index (κ1) is 21.1. The monoisotopic (exact) mass is 410 g/mol. The Balaban J connectivity index is 1.56. The van der Waals surface area contributed by atoms with Gasteiger partial charge in [-0.2, -0.15) is 5.26 Å². The van der Waals surface area contributed by atoms with Gasteiger partial charge in [0.25, 0.3) is 5.91 Å². The Morgan fingerprint density at radius 1 is 1.21 bits per heavy atom. The Bertz CT molecular complexity index is 899. The number of benzene rings is 2. The molecule has 1 amide bonds. The van der Waals surface area contributed by atoms with Gasteiger partial charge in [-0.3, -0.25) is 9.00 Å². The molecule has 5 nitrogen and oxygen atoms in total. The van der Waals surface area contributed by atoms with E-state index in [4.69, 9.17) is 10.00 Å². The highest BCUT2D eigenvalue weighted by molar-refractivity contribution is 7.84. The van der Waals surface area contributed by atoms with Crippen LogP contribution in [0.3, 0.4) is 0 Å². The van der Waals surface area contributed by atoms with Crippen LogP contribution < -0.4 is 10.1 Å². The van der Waals surface area contributed by atoms with Gasteiger partial charge in [0, 0.05) is 27.5 Å². The average molecular weight is 411 g/mol. The Hall–Kier alpha value is -2.65. The molecule has 3 rings (SSSR count). The summed E-state index contributed by atoms with van der Waals surface area (Å²) in [5.41, 5.74) is 2.17. The van der Waals surface area contributed by atoms with Crippen LogP contribution in [0.5, 0.6) is 5.75 Å². The number of amides is 1. The van der Waals surface area contributed by atoms with E-state index in [1.165, 1.54) is 19.3 Å². The summed E-state index contributed by atoms with van der Waals surface area (Å²) in [5.74, 6) is 0.786. The molecule has 0 bridgehead atoms. The molecule has 0 aliphatic heterocycles. The van der Waals surface area contributed by atoms with Gasteiger partial charge < -0.3 is 10.1 Å². The van der Waals surface area contributed by atoms with Gasteiger partial charge in [-0.25, -0.2) is 0 Å². The van der Waals surface area contributed by atoms with Crippen molar-refractivity contribution >= 4 is 22.4 Å². The predicted octanol–water partition coefficient (Wildman–Crippen LogP) is 4.55. The molecular formula is C23H26N2O3S. The number of carbonyl (C=O) groups excluding carboxylic acids is 1. The second-order valence-electron chi connectivity index (χ2n) is 7.37. The summed E-state index contributed by atoms with van der Waals surface area (Å²) >= 11 is 0. The number of carbonyl (C=O) groups is 1. The van der Waals surface area contributed by atoms with E-state index < -0.39 is 16.9 Å². The van der Waals surface area contributed by atoms with Crippen LogP contribution in [0.4, 0.5) is 5.69 Å². The Morgan fingerprint density at radius 2 is 1.93 bits per heavy atom. The number of anilines is 1. The minimum atomic E-state index is -0.877. The molecule has 0 aromatic heterocycles. The van der Waals surface area contributed by atoms with Gasteiger partial charge in [0.15, 0.2) is 6.10 Å². The van der Waals surface area contributed by atoms with E-state index in [1.54, 1.807) is 31.2 Å². The number of rotatable bonds is 7. The molecular weight excluding hydrogens is 384 g/mol. The molecule has 1 fully saturated rings. The van der Waals surface area contributed by atoms with Crippen LogP contribution >= 0.6 is 0 Å². The summed E-state index contributed by atoms with van der Waals surface area (Å²) in [6, 6.07) is 16.2. The molecule has 152 valence electrons. The summed E-state index contributed by atoms with van der Waals surface area (Å²) in [6.45, 7) is 1.68. The van der Waals surface area contributed by atoms with Gasteiger partial charge >= 0.3 is 0 Å². The van der Waals surface area contributed by atoms with E-state index in [-0.39, 0.29) is 5.91 Å². The fraction of sp³-hybridized carbons (Fsp3) is 0.391. The first-order chi connectivity index (χ1) is 14.0. The first-order valence-corrected chi connectivity index (χ1v) is 11.4. The lowest BCUT2D eigenvalue weighted by Gasteiger charge is -2.21. The Morgan fingerprint density at radius 3 is 2.62 bits per heavy atom. The lowest BCUT2D eigenvalue weighted by atomic mass is 10.0. The van der Waals surface area contributed by atoms with Crippen molar-refractivity contribution in [2.75, 3.05) is 5.32 Å². The SMILES string of the molecule is CC(Oc1ccc(C#N)cc1)C(=O)Nc1cccc(CS(=O)C2CCCCC2)c1. The molecule has 1 aliphatic carbocycles. The van der Waals surface area contributed by atoms with Crippen LogP contribution in [0.1, 0.15) is 50.2 Å². The lowest BCUT2D eigenvalue weighted by molar-refractivity contribution is -0.122. The van der Waals surface area contributed by atoms with Crippen LogP contribution in [0.15, 0.2) is 48.5 Å². The molecule has 1 aliphatic rings. The highest BCUT2D eigenvalue weighted by Crippen LogP contribution is 2.24. The van der Waals surface area contributed by atoms with E-state index >= 15 is 0 Å². The van der Waals surface area contributed by atoms with Crippen molar-refractivity contribution in [2.24, 2.45) is 0 Å². The molecule has 1 N–H and O–H groups in total. The second-order valence-corrected chi connectivity index (χ2v) is 9.09. The lowest BCUT2D eigenvalue weighted by Crippen LogP contribution is -2.30. The van der Waals surface area contributed by atoms with Crippen molar-refractivity contribution in [3.05, 3.63) is 59.7 Å². The molecule has 6 heteroatoms. The van der Waals surface area contributed by atoms with Gasteiger partial charge in [0.2, 0.25) is 0 Å². The number of nitrogens with zero attached hydrogens (tertiary/aromatic N) is 1. The minimum Gasteiger partial charge on any atom is -0.481 e. The van der Waals surface area contributed by atoms with Crippen LogP contribution in [-0.2, 0) is 21.3 Å². The third-order valence-electron chi connectivity index (χ3n) is 5.09. The maximum Gasteiger partial charge on any atom is 0.265 e. The Labute approximate surface area is 174 Å². The summed E-state index contributed by atoms with van der Waals surface area (Å²) in [7, 11) is -0.877. The maximum absolute atomic E-state index is 12.6. The number of nitrogens with one attached hydrogen (secondary N) is 1. The second kappa shape index (κ2) is 10.2. The van der Waals surface area contributed by atoms with Crippen LogP contribution in [0.25, 0.3) is 0 Å². The molecule has 2 unspecified atom stereocenters. The smallest absolute Gasteiger partial charge is 0.265 e. The van der Waals surface area contributed by atoms with Crippen LogP contribution in [0, 0.1) is 11.3 Å². The summed E-state index contributed by atoms with van der Waals surface area (Å²) in [6.07, 6.45) is 4.99. The molecule has 2 aromatic rings. The first-order valence-electron chi connectivity index (χ1n) is 9.99. The minimum absolute atomic E-state index is 0.264. The van der Waals surface area contributed by atoms with Crippen molar-refractivity contribution in [2.45, 2.75) is 56.1 Å². The van der Waals surface area contributed by atoms with Crippen molar-refractivity contribution < 1.29 is 13.7 Å². The number of ether oxygens (including phenoxy) is 1. The fourth-order valence-electron chi connectivity index (χ4n) is 3.46. The topological polar surface area (TPSA) is 79.2 Å². The van der Waals surface area contributed by atoms with Gasteiger partial charge in [-0.05, 0) is 61.7 Å². The fourth-order valence-corrected chi connectivity index (χ4v) is 5.06. The summed E-state index contributed by atoms with van der Waals surface area (Å²) in [4.78, 5) is 12.5. The van der Waals surface area contributed by atoms with E-state index in [1.807, 2.05) is 30.3 Å². The highest BCUT2D eigenvalue weighted by Gasteiger charge is 2.20. The third kappa shape index (κ3) is 6.16. The van der Waals surface area contributed by atoms with Gasteiger partial charge in [-0.15, -0.1) is 0 Å². The predicted molar refractivity (Wildman–Crippen MR) is 115 cm³/mol. The van der Waals surface area contributed by atoms with Crippen molar-refractivity contribution in [1.82, 2.24) is 0 Å². The molecule has 29 heavy (non-hydrogen) atoms. The van der Waals surface area contributed by atoms with Gasteiger partial charge in [0.05, 0.1) is 11.6 Å². The quantitative estimate of drug-likeness (QED) is 0.726. The van der Waals surface area contributed by atoms with E-state index in [0.29, 0.717) is 28.0 Å². The number of hydrogen-bond donors (Lipinski definition) is 1. The van der Waals surface area contributed by atoms with Crippen LogP contribution in [-0.4, -0.2) is 21.5 Å². The molecule has 2 aromatic carbocycles. The molecule has 1 saturated carbocycles. The summed E-state index contributed by atoms with van der Waals surface area (Å²) in [5, 5.41) is 12.0. The highest BCUT2D eigenvalue weighted by atomic mass is 32.2. The normalized spacial score (nSPS) is 16.4. The van der Waals surface area contributed by atoms with Gasteiger partial charge in [0.1, 0.15) is 5.75 Å². The van der Waals surface area contributed by atoms with E-state index in [2.05, 4.69) is 5.32 Å². The Kier molecular flexibility index (Phi) is 7.42. The largest absolute Gasteiger partial charge is 0.481 e. The zero-order valence-corrected chi connectivity index (χ0v) is 17.4. The number of hydrogen-bond acceptors (Lipinski definition) is 4. The van der Waals surface area contributed by atoms with Crippen molar-refractivity contribution in [1.29, 1.82) is 5.26 Å². The zero-order chi connectivity index (χ0) is 20.6. The number of nitriles is 1. The zero-order valence-electron chi connectivity index (χ0n) is 16.6. The van der Waals surface area contributed by atoms with E-state index in [0.717, 1.165) is 18.4 Å². The maximum atomic E-state index is 12.6. The molecule has 0 heterocycles. The van der Waals surface area contributed by atoms with Crippen LogP contribution in [0.2, 0.25) is 0 Å². The standard InChI is InChI=1S/C23H26N2O3S/c1-17(28-21-12-10-18(15-24)11-13-21)23(26)25-20-7-5-6-19(14-20)16-29(27)22-8-3-2-4-9-22/h5-7,10-14,17,22H,2-4,8-9,16H2,1H3,(H,25,26). The molecule has 0 radical (unpaired) electrons. The van der Waals surface area contributed by atoms with Crippen molar-refractivity contribution in [3.63, 3.8) is 0 Å². The van der Waals surface area contributed by atoms with Gasteiger partial charge in [-0.1, -0.05) is 31.4 Å². The van der Waals surface area contributed by atoms with Crippen molar-refractivity contribution in [3.8, 4) is 11.8 Å². The third-order valence-corrected chi connectivity index (χ3v) is 6.93. The molecule has 0 spiro atoms. The summed E-state index contributed by atoms with van der Waals surface area (Å²) < 4.78 is 18.3. The molecule has 2 atom stereocenters. The van der Waals surface area contributed by atoms with E-state index in [9.17, 15) is 9.00 Å².